The third kappa shape index (κ3) is 4.12. The van der Waals surface area contributed by atoms with E-state index in [1.807, 2.05) is 9.80 Å². The van der Waals surface area contributed by atoms with Gasteiger partial charge in [0.15, 0.2) is 0 Å². The maximum Gasteiger partial charge on any atom is 0.238 e. The number of benzene rings is 1. The number of para-hydroxylation sites is 1. The normalized spacial score (nSPS) is 19.5. The Morgan fingerprint density at radius 2 is 1.88 bits per heavy atom. The number of hydrogen-bond acceptors (Lipinski definition) is 3. The quantitative estimate of drug-likeness (QED) is 0.918. The van der Waals surface area contributed by atoms with Gasteiger partial charge in [0.1, 0.15) is 5.82 Å². The Kier molecular flexibility index (Phi) is 5.45. The topological polar surface area (TPSA) is 52.7 Å². The van der Waals surface area contributed by atoms with Crippen molar-refractivity contribution < 1.29 is 14.0 Å². The number of rotatable bonds is 4. The molecule has 1 heterocycles. The number of carbonyl (C=O) groups is 2. The molecule has 1 saturated heterocycles. The van der Waals surface area contributed by atoms with Crippen LogP contribution in [0, 0.1) is 11.7 Å². The maximum atomic E-state index is 13.6. The molecule has 1 aliphatic carbocycles. The van der Waals surface area contributed by atoms with Crippen LogP contribution in [0.3, 0.4) is 0 Å². The lowest BCUT2D eigenvalue weighted by molar-refractivity contribution is -0.138. The van der Waals surface area contributed by atoms with Crippen molar-refractivity contribution in [1.29, 1.82) is 0 Å². The molecular weight excluding hydrogens is 309 g/mol. The van der Waals surface area contributed by atoms with Crippen LogP contribution >= 0.6 is 0 Å². The van der Waals surface area contributed by atoms with Gasteiger partial charge in [0, 0.05) is 32.1 Å². The first kappa shape index (κ1) is 16.9. The van der Waals surface area contributed by atoms with E-state index in [0.29, 0.717) is 13.1 Å². The van der Waals surface area contributed by atoms with E-state index >= 15 is 0 Å². The van der Waals surface area contributed by atoms with Crippen molar-refractivity contribution in [2.75, 3.05) is 38.0 Å². The lowest BCUT2D eigenvalue weighted by Gasteiger charge is -2.31. The number of amides is 2. The van der Waals surface area contributed by atoms with Crippen molar-refractivity contribution in [1.82, 2.24) is 9.80 Å². The van der Waals surface area contributed by atoms with Crippen molar-refractivity contribution in [3.8, 4) is 0 Å². The van der Waals surface area contributed by atoms with Gasteiger partial charge in [0.25, 0.3) is 0 Å². The molecule has 2 fully saturated rings. The number of nitrogens with one attached hydrogen (secondary N) is 1. The summed E-state index contributed by atoms with van der Waals surface area (Å²) in [5, 5.41) is 2.61. The van der Waals surface area contributed by atoms with E-state index in [1.54, 1.807) is 18.2 Å². The fraction of sp³-hybridized carbons (Fsp3) is 0.556. The smallest absolute Gasteiger partial charge is 0.238 e. The zero-order chi connectivity index (χ0) is 16.9. The van der Waals surface area contributed by atoms with Gasteiger partial charge in [-0.1, -0.05) is 18.6 Å². The molecule has 0 radical (unpaired) electrons. The second-order valence-electron chi connectivity index (χ2n) is 6.61. The Bertz CT molecular complexity index is 604. The van der Waals surface area contributed by atoms with Crippen LogP contribution in [0.5, 0.6) is 0 Å². The third-order valence-corrected chi connectivity index (χ3v) is 4.87. The summed E-state index contributed by atoms with van der Waals surface area (Å²) in [6.07, 6.45) is 4.06. The largest absolute Gasteiger partial charge is 0.341 e. The summed E-state index contributed by atoms with van der Waals surface area (Å²) < 4.78 is 13.6. The Hall–Kier alpha value is -1.95. The van der Waals surface area contributed by atoms with Gasteiger partial charge < -0.3 is 10.2 Å². The minimum atomic E-state index is -0.431. The van der Waals surface area contributed by atoms with Gasteiger partial charge in [-0.2, -0.15) is 0 Å². The summed E-state index contributed by atoms with van der Waals surface area (Å²) >= 11 is 0. The molecule has 0 aromatic heterocycles. The van der Waals surface area contributed by atoms with Crippen molar-refractivity contribution in [2.24, 2.45) is 5.92 Å². The Morgan fingerprint density at radius 3 is 2.58 bits per heavy atom. The van der Waals surface area contributed by atoms with Crippen LogP contribution in [0.25, 0.3) is 0 Å². The summed E-state index contributed by atoms with van der Waals surface area (Å²) in [6, 6.07) is 6.15. The molecule has 0 unspecified atom stereocenters. The van der Waals surface area contributed by atoms with Crippen LogP contribution < -0.4 is 5.32 Å². The number of hydrogen-bond donors (Lipinski definition) is 1. The van der Waals surface area contributed by atoms with Gasteiger partial charge in [-0.25, -0.2) is 4.39 Å². The third-order valence-electron chi connectivity index (χ3n) is 4.87. The zero-order valence-corrected chi connectivity index (χ0v) is 13.8. The van der Waals surface area contributed by atoms with Gasteiger partial charge in [0.2, 0.25) is 11.8 Å². The Morgan fingerprint density at radius 1 is 1.08 bits per heavy atom. The summed E-state index contributed by atoms with van der Waals surface area (Å²) in [5.41, 5.74) is 0.208. The van der Waals surface area contributed by atoms with E-state index in [0.717, 1.165) is 38.8 Å². The molecule has 1 N–H and O–H groups in total. The minimum Gasteiger partial charge on any atom is -0.341 e. The second kappa shape index (κ2) is 7.75. The van der Waals surface area contributed by atoms with Crippen LogP contribution in [0.4, 0.5) is 10.1 Å². The Balaban J connectivity index is 1.48. The predicted molar refractivity (Wildman–Crippen MR) is 90.0 cm³/mol. The number of halogens is 1. The predicted octanol–water partition coefficient (Wildman–Crippen LogP) is 2.10. The highest BCUT2D eigenvalue weighted by atomic mass is 19.1. The molecule has 3 rings (SSSR count). The maximum absolute atomic E-state index is 13.6. The first-order valence-corrected chi connectivity index (χ1v) is 8.69. The van der Waals surface area contributed by atoms with E-state index < -0.39 is 5.82 Å². The highest BCUT2D eigenvalue weighted by Crippen LogP contribution is 2.28. The number of anilines is 1. The second-order valence-corrected chi connectivity index (χ2v) is 6.61. The average Bonchev–Trinajstić information content (AvgIpc) is 2.73. The van der Waals surface area contributed by atoms with Gasteiger partial charge in [0.05, 0.1) is 12.2 Å². The molecule has 5 nitrogen and oxygen atoms in total. The monoisotopic (exact) mass is 333 g/mol. The van der Waals surface area contributed by atoms with Crippen molar-refractivity contribution in [3.05, 3.63) is 30.1 Å². The Labute approximate surface area is 141 Å². The molecular formula is C18H24FN3O2. The summed E-state index contributed by atoms with van der Waals surface area (Å²) in [4.78, 5) is 28.4. The van der Waals surface area contributed by atoms with Gasteiger partial charge >= 0.3 is 0 Å². The van der Waals surface area contributed by atoms with Crippen molar-refractivity contribution >= 4 is 17.5 Å². The van der Waals surface area contributed by atoms with Gasteiger partial charge in [-0.05, 0) is 31.4 Å². The lowest BCUT2D eigenvalue weighted by atomic mass is 9.84. The summed E-state index contributed by atoms with van der Waals surface area (Å²) in [6.45, 7) is 3.12. The first-order chi connectivity index (χ1) is 11.6. The molecule has 0 bridgehead atoms. The lowest BCUT2D eigenvalue weighted by Crippen LogP contribution is -2.41. The zero-order valence-electron chi connectivity index (χ0n) is 13.8. The minimum absolute atomic E-state index is 0.208. The fourth-order valence-electron chi connectivity index (χ4n) is 3.22. The molecule has 1 aromatic rings. The highest BCUT2D eigenvalue weighted by Gasteiger charge is 2.30. The van der Waals surface area contributed by atoms with Crippen LogP contribution in [0.1, 0.15) is 25.7 Å². The molecule has 2 aliphatic rings. The van der Waals surface area contributed by atoms with Crippen LogP contribution in [0.2, 0.25) is 0 Å². The standard InChI is InChI=1S/C18H24FN3O2/c19-15-7-1-2-8-16(15)20-17(23)13-21-9-4-10-22(12-11-21)18(24)14-5-3-6-14/h1-2,7-8,14H,3-6,9-13H2,(H,20,23). The highest BCUT2D eigenvalue weighted by molar-refractivity contribution is 5.92. The van der Waals surface area contributed by atoms with E-state index in [4.69, 9.17) is 0 Å². The molecule has 0 spiro atoms. The first-order valence-electron chi connectivity index (χ1n) is 8.69. The number of carbonyl (C=O) groups excluding carboxylic acids is 2. The van der Waals surface area contributed by atoms with Crippen LogP contribution in [-0.4, -0.2) is 54.3 Å². The van der Waals surface area contributed by atoms with E-state index in [2.05, 4.69) is 5.32 Å². The van der Waals surface area contributed by atoms with E-state index in [-0.39, 0.29) is 30.0 Å². The van der Waals surface area contributed by atoms with E-state index in [1.165, 1.54) is 6.07 Å². The fourth-order valence-corrected chi connectivity index (χ4v) is 3.22. The van der Waals surface area contributed by atoms with Gasteiger partial charge in [-0.3, -0.25) is 14.5 Å². The molecule has 1 aromatic carbocycles. The molecule has 2 amide bonds. The summed E-state index contributed by atoms with van der Waals surface area (Å²) in [5.74, 6) is -0.155. The number of nitrogens with zero attached hydrogens (tertiary/aromatic N) is 2. The molecule has 24 heavy (non-hydrogen) atoms. The molecule has 6 heteroatoms. The molecule has 130 valence electrons. The van der Waals surface area contributed by atoms with Crippen LogP contribution in [0.15, 0.2) is 24.3 Å². The average molecular weight is 333 g/mol. The van der Waals surface area contributed by atoms with Crippen molar-refractivity contribution in [2.45, 2.75) is 25.7 Å². The summed E-state index contributed by atoms with van der Waals surface area (Å²) in [7, 11) is 0. The molecule has 1 saturated carbocycles. The molecule has 0 atom stereocenters. The SMILES string of the molecule is O=C(CN1CCCN(C(=O)C2CCC2)CC1)Nc1ccccc1F. The molecule has 1 aliphatic heterocycles. The van der Waals surface area contributed by atoms with E-state index in [9.17, 15) is 14.0 Å². The van der Waals surface area contributed by atoms with Gasteiger partial charge in [-0.15, -0.1) is 0 Å². The van der Waals surface area contributed by atoms with Crippen molar-refractivity contribution in [3.63, 3.8) is 0 Å². The van der Waals surface area contributed by atoms with Crippen LogP contribution in [-0.2, 0) is 9.59 Å².